The molecule has 1 fully saturated rings. The average Bonchev–Trinajstić information content (AvgIpc) is 3.34. The molecular weight excluding hydrogens is 378 g/mol. The van der Waals surface area contributed by atoms with E-state index < -0.39 is 9.84 Å². The molecule has 1 aromatic heterocycles. The minimum absolute atomic E-state index is 0.0317. The van der Waals surface area contributed by atoms with Crippen LogP contribution in [0.4, 0.5) is 0 Å². The highest BCUT2D eigenvalue weighted by atomic mass is 32.2. The number of ether oxygens (including phenoxy) is 2. The van der Waals surface area contributed by atoms with E-state index in [0.29, 0.717) is 19.7 Å². The number of sulfone groups is 1. The number of likely N-dealkylation sites (tertiary alicyclic amines) is 1. The summed E-state index contributed by atoms with van der Waals surface area (Å²) < 4.78 is 37.4. The van der Waals surface area contributed by atoms with E-state index in [1.165, 1.54) is 5.56 Å². The molecule has 0 amide bonds. The van der Waals surface area contributed by atoms with Crippen molar-refractivity contribution in [2.45, 2.75) is 44.1 Å². The molecule has 8 heteroatoms. The molecule has 1 unspecified atom stereocenters. The van der Waals surface area contributed by atoms with Gasteiger partial charge in [0.15, 0.2) is 0 Å². The summed E-state index contributed by atoms with van der Waals surface area (Å²) in [6.45, 7) is 4.13. The van der Waals surface area contributed by atoms with Crippen molar-refractivity contribution in [2.24, 2.45) is 0 Å². The Morgan fingerprint density at radius 1 is 1.25 bits per heavy atom. The van der Waals surface area contributed by atoms with Gasteiger partial charge in [0.05, 0.1) is 31.4 Å². The lowest BCUT2D eigenvalue weighted by molar-refractivity contribution is 0.180. The maximum absolute atomic E-state index is 12.5. The first kappa shape index (κ1) is 20.8. The highest BCUT2D eigenvalue weighted by Gasteiger charge is 2.30. The Morgan fingerprint density at radius 3 is 2.75 bits per heavy atom. The second-order valence-electron chi connectivity index (χ2n) is 6.95. The maximum Gasteiger partial charge on any atom is 0.227 e. The van der Waals surface area contributed by atoms with Crippen LogP contribution in [-0.4, -0.2) is 56.0 Å². The van der Waals surface area contributed by atoms with Gasteiger partial charge in [0, 0.05) is 31.8 Å². The molecule has 0 radical (unpaired) electrons. The summed E-state index contributed by atoms with van der Waals surface area (Å²) in [5.74, 6) is 0.922. The van der Waals surface area contributed by atoms with E-state index in [0.717, 1.165) is 30.8 Å². The predicted molar refractivity (Wildman–Crippen MR) is 107 cm³/mol. The zero-order chi connectivity index (χ0) is 20.1. The minimum atomic E-state index is -3.39. The third-order valence-corrected chi connectivity index (χ3v) is 6.95. The third-order valence-electron chi connectivity index (χ3n) is 5.31. The second-order valence-corrected chi connectivity index (χ2v) is 9.12. The first-order valence-corrected chi connectivity index (χ1v) is 11.3. The van der Waals surface area contributed by atoms with Crippen LogP contribution >= 0.6 is 0 Å². The molecule has 0 bridgehead atoms. The van der Waals surface area contributed by atoms with Gasteiger partial charge in [0.2, 0.25) is 15.0 Å². The van der Waals surface area contributed by atoms with Crippen LogP contribution in [0, 0.1) is 0 Å². The molecule has 0 saturated carbocycles. The molecular formula is C20H29N3O4S. The molecule has 1 atom stereocenters. The standard InChI is InChI=1S/C20H29N3O4S/c1-4-28(24,25)20-21-14-16(23(20)12-13-26-2)15-22-11-7-9-18(22)17-8-5-6-10-19(17)27-3/h5-6,8,10,14,18H,4,7,9,11-13,15H2,1-3H3. The van der Waals surface area contributed by atoms with Gasteiger partial charge in [-0.05, 0) is 25.5 Å². The Hall–Kier alpha value is -1.90. The van der Waals surface area contributed by atoms with E-state index in [2.05, 4.69) is 16.0 Å². The molecule has 1 aromatic carbocycles. The fraction of sp³-hybridized carbons (Fsp3) is 0.550. The van der Waals surface area contributed by atoms with Crippen molar-refractivity contribution in [3.05, 3.63) is 41.7 Å². The van der Waals surface area contributed by atoms with E-state index in [9.17, 15) is 8.42 Å². The van der Waals surface area contributed by atoms with Gasteiger partial charge in [-0.1, -0.05) is 25.1 Å². The molecule has 0 spiro atoms. The topological polar surface area (TPSA) is 73.7 Å². The monoisotopic (exact) mass is 407 g/mol. The summed E-state index contributed by atoms with van der Waals surface area (Å²) in [5.41, 5.74) is 2.07. The molecule has 2 heterocycles. The van der Waals surface area contributed by atoms with Crippen molar-refractivity contribution < 1.29 is 17.9 Å². The summed E-state index contributed by atoms with van der Waals surface area (Å²) in [6.07, 6.45) is 3.83. The molecule has 2 aromatic rings. The molecule has 154 valence electrons. The van der Waals surface area contributed by atoms with E-state index >= 15 is 0 Å². The number of hydrogen-bond acceptors (Lipinski definition) is 6. The number of nitrogens with zero attached hydrogens (tertiary/aromatic N) is 3. The first-order chi connectivity index (χ1) is 13.5. The minimum Gasteiger partial charge on any atom is -0.496 e. The number of methoxy groups -OCH3 is 2. The van der Waals surface area contributed by atoms with Gasteiger partial charge in [-0.2, -0.15) is 0 Å². The van der Waals surface area contributed by atoms with Crippen molar-refractivity contribution >= 4 is 9.84 Å². The Kier molecular flexibility index (Phi) is 6.74. The summed E-state index contributed by atoms with van der Waals surface area (Å²) in [6, 6.07) is 8.34. The van der Waals surface area contributed by atoms with Gasteiger partial charge in [0.25, 0.3) is 0 Å². The normalized spacial score (nSPS) is 17.9. The van der Waals surface area contributed by atoms with Crippen LogP contribution in [-0.2, 0) is 27.7 Å². The van der Waals surface area contributed by atoms with Crippen LogP contribution in [0.2, 0.25) is 0 Å². The van der Waals surface area contributed by atoms with Crippen LogP contribution in [0.1, 0.15) is 37.1 Å². The highest BCUT2D eigenvalue weighted by molar-refractivity contribution is 7.91. The Morgan fingerprint density at radius 2 is 2.04 bits per heavy atom. The lowest BCUT2D eigenvalue weighted by Crippen LogP contribution is -2.26. The first-order valence-electron chi connectivity index (χ1n) is 9.64. The van der Waals surface area contributed by atoms with Crippen LogP contribution < -0.4 is 4.74 Å². The lowest BCUT2D eigenvalue weighted by atomic mass is 10.0. The number of imidazole rings is 1. The van der Waals surface area contributed by atoms with Gasteiger partial charge in [-0.25, -0.2) is 13.4 Å². The van der Waals surface area contributed by atoms with Gasteiger partial charge in [-0.3, -0.25) is 4.90 Å². The lowest BCUT2D eigenvalue weighted by Gasteiger charge is -2.26. The Bertz CT molecular complexity index is 895. The zero-order valence-corrected chi connectivity index (χ0v) is 17.6. The van der Waals surface area contributed by atoms with E-state index in [1.54, 1.807) is 31.9 Å². The van der Waals surface area contributed by atoms with Crippen LogP contribution in [0.3, 0.4) is 0 Å². The van der Waals surface area contributed by atoms with Gasteiger partial charge in [-0.15, -0.1) is 0 Å². The van der Waals surface area contributed by atoms with Gasteiger partial charge >= 0.3 is 0 Å². The van der Waals surface area contributed by atoms with E-state index in [4.69, 9.17) is 9.47 Å². The average molecular weight is 408 g/mol. The number of benzene rings is 1. The molecule has 1 saturated heterocycles. The fourth-order valence-corrected chi connectivity index (χ4v) is 4.85. The van der Waals surface area contributed by atoms with Crippen molar-refractivity contribution in [1.29, 1.82) is 0 Å². The molecule has 1 aliphatic heterocycles. The highest BCUT2D eigenvalue weighted by Crippen LogP contribution is 2.37. The second kappa shape index (κ2) is 9.07. The maximum atomic E-state index is 12.5. The molecule has 1 aliphatic rings. The molecule has 0 aliphatic carbocycles. The summed E-state index contributed by atoms with van der Waals surface area (Å²) in [7, 11) is -0.0825. The SMILES string of the molecule is CCS(=O)(=O)c1ncc(CN2CCCC2c2ccccc2OC)n1CCOC. The Labute approximate surface area is 167 Å². The number of para-hydroxylation sites is 1. The fourth-order valence-electron chi connectivity index (χ4n) is 3.83. The van der Waals surface area contributed by atoms with Crippen LogP contribution in [0.25, 0.3) is 0 Å². The van der Waals surface area contributed by atoms with Crippen LogP contribution in [0.15, 0.2) is 35.6 Å². The predicted octanol–water partition coefficient (Wildman–Crippen LogP) is 2.67. The van der Waals surface area contributed by atoms with Crippen molar-refractivity contribution in [3.63, 3.8) is 0 Å². The van der Waals surface area contributed by atoms with Crippen molar-refractivity contribution in [3.8, 4) is 5.75 Å². The van der Waals surface area contributed by atoms with E-state index in [-0.39, 0.29) is 17.0 Å². The number of aromatic nitrogens is 2. The number of hydrogen-bond donors (Lipinski definition) is 0. The van der Waals surface area contributed by atoms with Crippen molar-refractivity contribution in [1.82, 2.24) is 14.5 Å². The molecule has 28 heavy (non-hydrogen) atoms. The van der Waals surface area contributed by atoms with Crippen LogP contribution in [0.5, 0.6) is 5.75 Å². The molecule has 7 nitrogen and oxygen atoms in total. The summed E-state index contributed by atoms with van der Waals surface area (Å²) in [4.78, 5) is 6.63. The van der Waals surface area contributed by atoms with Gasteiger partial charge < -0.3 is 14.0 Å². The largest absolute Gasteiger partial charge is 0.496 e. The van der Waals surface area contributed by atoms with Gasteiger partial charge in [0.1, 0.15) is 5.75 Å². The Balaban J connectivity index is 1.90. The summed E-state index contributed by atoms with van der Waals surface area (Å²) in [5, 5.41) is 0.134. The molecule has 3 rings (SSSR count). The molecule has 0 N–H and O–H groups in total. The third kappa shape index (κ3) is 4.24. The van der Waals surface area contributed by atoms with Crippen molar-refractivity contribution in [2.75, 3.05) is 33.1 Å². The van der Waals surface area contributed by atoms with E-state index in [1.807, 2.05) is 18.2 Å². The number of rotatable bonds is 9. The smallest absolute Gasteiger partial charge is 0.227 e. The summed E-state index contributed by atoms with van der Waals surface area (Å²) >= 11 is 0. The quantitative estimate of drug-likeness (QED) is 0.636. The zero-order valence-electron chi connectivity index (χ0n) is 16.8.